The molecule has 1 saturated heterocycles. The number of carboxylic acid groups (broad SMARTS) is 1. The van der Waals surface area contributed by atoms with Crippen LogP contribution in [0.4, 0.5) is 0 Å². The van der Waals surface area contributed by atoms with Crippen molar-refractivity contribution in [3.8, 4) is 0 Å². The Bertz CT molecular complexity index is 756. The minimum atomic E-state index is -1.70. The number of ether oxygens (including phenoxy) is 2. The van der Waals surface area contributed by atoms with Crippen LogP contribution in [-0.4, -0.2) is 69.0 Å². The maximum Gasteiger partial charge on any atom is 0.335 e. The maximum absolute atomic E-state index is 12.5. The van der Waals surface area contributed by atoms with E-state index in [0.29, 0.717) is 35.4 Å². The van der Waals surface area contributed by atoms with Crippen molar-refractivity contribution >= 4 is 11.8 Å². The summed E-state index contributed by atoms with van der Waals surface area (Å²) in [5.74, 6) is 2.08. The van der Waals surface area contributed by atoms with Crippen LogP contribution < -0.4 is 0 Å². The van der Waals surface area contributed by atoms with E-state index in [1.165, 1.54) is 0 Å². The van der Waals surface area contributed by atoms with Crippen LogP contribution in [0.5, 0.6) is 0 Å². The van der Waals surface area contributed by atoms with Gasteiger partial charge < -0.3 is 29.9 Å². The smallest absolute Gasteiger partial charge is 0.335 e. The van der Waals surface area contributed by atoms with Crippen molar-refractivity contribution in [2.24, 2.45) is 35.0 Å². The predicted molar refractivity (Wildman–Crippen MR) is 111 cm³/mol. The van der Waals surface area contributed by atoms with Crippen molar-refractivity contribution in [2.75, 3.05) is 0 Å². The molecule has 0 aromatic carbocycles. The second-order valence-electron chi connectivity index (χ2n) is 11.2. The molecule has 0 radical (unpaired) electrons. The fraction of sp³-hybridized carbons (Fsp3) is 0.917. The molecule has 5 rings (SSSR count). The number of rotatable bonds is 3. The van der Waals surface area contributed by atoms with Gasteiger partial charge in [-0.25, -0.2) is 4.79 Å². The minimum Gasteiger partial charge on any atom is -0.479 e. The molecule has 180 valence electrons. The van der Waals surface area contributed by atoms with Crippen LogP contribution in [0.3, 0.4) is 0 Å². The number of hydrogen-bond acceptors (Lipinski definition) is 7. The van der Waals surface area contributed by atoms with Gasteiger partial charge in [-0.15, -0.1) is 0 Å². The van der Waals surface area contributed by atoms with Crippen molar-refractivity contribution in [3.05, 3.63) is 0 Å². The second-order valence-corrected chi connectivity index (χ2v) is 11.2. The first kappa shape index (κ1) is 22.7. The van der Waals surface area contributed by atoms with E-state index in [1.807, 2.05) is 0 Å². The number of aliphatic carboxylic acids is 1. The number of ketones is 1. The molecule has 4 N–H and O–H groups in total. The lowest BCUT2D eigenvalue weighted by atomic mass is 9.50. The van der Waals surface area contributed by atoms with Crippen molar-refractivity contribution < 1.29 is 39.5 Å². The molecule has 12 atom stereocenters. The van der Waals surface area contributed by atoms with Gasteiger partial charge in [0, 0.05) is 11.8 Å². The van der Waals surface area contributed by atoms with Gasteiger partial charge in [-0.3, -0.25) is 4.79 Å². The van der Waals surface area contributed by atoms with Gasteiger partial charge in [-0.2, -0.15) is 0 Å². The molecule has 0 amide bonds. The van der Waals surface area contributed by atoms with Crippen LogP contribution in [0, 0.1) is 35.0 Å². The van der Waals surface area contributed by atoms with Crippen LogP contribution in [0.25, 0.3) is 0 Å². The molecular formula is C24H36O8. The topological polar surface area (TPSA) is 134 Å². The molecule has 5 aliphatic rings. The van der Waals surface area contributed by atoms with Crippen LogP contribution in [0.1, 0.15) is 64.7 Å². The van der Waals surface area contributed by atoms with Crippen molar-refractivity contribution in [1.82, 2.24) is 0 Å². The van der Waals surface area contributed by atoms with Gasteiger partial charge in [0.05, 0.1) is 6.10 Å². The Morgan fingerprint density at radius 1 is 0.969 bits per heavy atom. The molecule has 0 bridgehead atoms. The standard InChI is InChI=1S/C24H36O8/c1-24-9-8-14-13-5-3-12(10-11(13)2-4-15(14)16(24)6-7-17(24)25)31-23-20(28)18(26)19(27)21(32-23)22(29)30/h11-16,18-21,23,26-28H,2-10H2,1H3,(H,29,30)/t11-,12-,13+,14?,15?,16?,18-,19+,20?,21?,23-,24+/m1/s1. The minimum absolute atomic E-state index is 0.102. The molecule has 4 aliphatic carbocycles. The van der Waals surface area contributed by atoms with Gasteiger partial charge in [0.2, 0.25) is 0 Å². The number of aliphatic hydroxyl groups is 3. The Balaban J connectivity index is 1.22. The van der Waals surface area contributed by atoms with Gasteiger partial charge in [-0.05, 0) is 81.0 Å². The normalized spacial score (nSPS) is 53.2. The van der Waals surface area contributed by atoms with E-state index >= 15 is 0 Å². The highest BCUT2D eigenvalue weighted by Crippen LogP contribution is 2.61. The molecule has 1 aliphatic heterocycles. The number of Topliss-reactive ketones (excluding diaryl/α,β-unsaturated/α-hetero) is 1. The number of carboxylic acids is 1. The number of aliphatic hydroxyl groups excluding tert-OH is 3. The number of carbonyl (C=O) groups excluding carboxylic acids is 1. The summed E-state index contributed by atoms with van der Waals surface area (Å²) in [6, 6.07) is 0. The van der Waals surface area contributed by atoms with Crippen LogP contribution in [-0.2, 0) is 19.1 Å². The van der Waals surface area contributed by atoms with Crippen molar-refractivity contribution in [2.45, 2.75) is 102 Å². The molecule has 0 aromatic rings. The lowest BCUT2D eigenvalue weighted by molar-refractivity contribution is -0.308. The fourth-order valence-electron chi connectivity index (χ4n) is 8.06. The van der Waals surface area contributed by atoms with E-state index in [9.17, 15) is 30.0 Å². The van der Waals surface area contributed by atoms with Gasteiger partial charge in [0.15, 0.2) is 12.4 Å². The molecule has 0 spiro atoms. The summed E-state index contributed by atoms with van der Waals surface area (Å²) in [7, 11) is 0. The zero-order chi connectivity index (χ0) is 22.8. The fourth-order valence-corrected chi connectivity index (χ4v) is 8.06. The molecule has 4 saturated carbocycles. The Labute approximate surface area is 188 Å². The number of hydrogen-bond donors (Lipinski definition) is 4. The van der Waals surface area contributed by atoms with Gasteiger partial charge in [0.1, 0.15) is 24.1 Å². The van der Waals surface area contributed by atoms with E-state index < -0.39 is 36.7 Å². The van der Waals surface area contributed by atoms with Crippen molar-refractivity contribution in [3.63, 3.8) is 0 Å². The first-order valence-electron chi connectivity index (χ1n) is 12.3. The first-order chi connectivity index (χ1) is 15.2. The maximum atomic E-state index is 12.5. The SMILES string of the molecule is C[C@]12CCC3C(CC[C@@H]4C[C@H](O[C@@H]5OC(C(=O)O)[C@@H](O)[C@@H](O)C5O)CC[C@H]34)C1CCC2=O. The van der Waals surface area contributed by atoms with E-state index in [-0.39, 0.29) is 11.5 Å². The van der Waals surface area contributed by atoms with Crippen LogP contribution in [0.2, 0.25) is 0 Å². The monoisotopic (exact) mass is 452 g/mol. The van der Waals surface area contributed by atoms with Gasteiger partial charge >= 0.3 is 5.97 Å². The highest BCUT2D eigenvalue weighted by molar-refractivity contribution is 5.87. The molecule has 8 heteroatoms. The summed E-state index contributed by atoms with van der Waals surface area (Å²) in [5, 5.41) is 39.4. The van der Waals surface area contributed by atoms with Crippen molar-refractivity contribution in [1.29, 1.82) is 0 Å². The largest absolute Gasteiger partial charge is 0.479 e. The third-order valence-electron chi connectivity index (χ3n) is 9.75. The lowest BCUT2D eigenvalue weighted by Crippen LogP contribution is -2.61. The zero-order valence-electron chi connectivity index (χ0n) is 18.6. The van der Waals surface area contributed by atoms with E-state index in [4.69, 9.17) is 9.47 Å². The quantitative estimate of drug-likeness (QED) is 0.473. The average molecular weight is 453 g/mol. The summed E-state index contributed by atoms with van der Waals surface area (Å²) < 4.78 is 11.3. The highest BCUT2D eigenvalue weighted by Gasteiger charge is 2.57. The third-order valence-corrected chi connectivity index (χ3v) is 9.75. The van der Waals surface area contributed by atoms with E-state index in [1.54, 1.807) is 0 Å². The number of carbonyl (C=O) groups is 2. The van der Waals surface area contributed by atoms with Gasteiger partial charge in [-0.1, -0.05) is 6.92 Å². The summed E-state index contributed by atoms with van der Waals surface area (Å²) >= 11 is 0. The molecule has 5 fully saturated rings. The molecule has 32 heavy (non-hydrogen) atoms. The Morgan fingerprint density at radius 3 is 2.47 bits per heavy atom. The molecular weight excluding hydrogens is 416 g/mol. The molecule has 5 unspecified atom stereocenters. The van der Waals surface area contributed by atoms with E-state index in [2.05, 4.69) is 6.92 Å². The predicted octanol–water partition coefficient (Wildman–Crippen LogP) is 1.49. The highest BCUT2D eigenvalue weighted by atomic mass is 16.7. The zero-order valence-corrected chi connectivity index (χ0v) is 18.6. The summed E-state index contributed by atoms with van der Waals surface area (Å²) in [4.78, 5) is 23.9. The molecule has 8 nitrogen and oxygen atoms in total. The molecule has 1 heterocycles. The Hall–Kier alpha value is -1.06. The first-order valence-corrected chi connectivity index (χ1v) is 12.3. The molecule has 0 aromatic heterocycles. The summed E-state index contributed by atoms with van der Waals surface area (Å²) in [5.41, 5.74) is -0.102. The Kier molecular flexibility index (Phi) is 5.90. The lowest BCUT2D eigenvalue weighted by Gasteiger charge is -2.55. The third kappa shape index (κ3) is 3.54. The second kappa shape index (κ2) is 8.31. The van der Waals surface area contributed by atoms with Gasteiger partial charge in [0.25, 0.3) is 0 Å². The summed E-state index contributed by atoms with van der Waals surface area (Å²) in [6.07, 6.45) is 0.950. The number of fused-ring (bicyclic) bond motifs is 5. The average Bonchev–Trinajstić information content (AvgIpc) is 3.08. The Morgan fingerprint density at radius 2 is 1.72 bits per heavy atom. The van der Waals surface area contributed by atoms with Crippen LogP contribution >= 0.6 is 0 Å². The summed E-state index contributed by atoms with van der Waals surface area (Å²) in [6.45, 7) is 2.20. The van der Waals surface area contributed by atoms with E-state index in [0.717, 1.165) is 57.8 Å². The van der Waals surface area contributed by atoms with Crippen LogP contribution in [0.15, 0.2) is 0 Å².